The van der Waals surface area contributed by atoms with E-state index in [0.717, 1.165) is 6.26 Å². The van der Waals surface area contributed by atoms with Crippen molar-refractivity contribution in [3.63, 3.8) is 0 Å². The summed E-state index contributed by atoms with van der Waals surface area (Å²) in [6.45, 7) is 4.71. The van der Waals surface area contributed by atoms with E-state index in [9.17, 15) is 9.59 Å². The lowest BCUT2D eigenvalue weighted by Gasteiger charge is -1.91. The van der Waals surface area contributed by atoms with Crippen molar-refractivity contribution >= 4 is 11.8 Å². The van der Waals surface area contributed by atoms with Gasteiger partial charge >= 0.3 is 5.97 Å². The zero-order valence-corrected chi connectivity index (χ0v) is 5.22. The number of rotatable bonds is 3. The summed E-state index contributed by atoms with van der Waals surface area (Å²) in [5.74, 6) is -1.37. The molecule has 0 radical (unpaired) electrons. The van der Waals surface area contributed by atoms with E-state index in [1.807, 2.05) is 0 Å². The highest BCUT2D eigenvalue weighted by Crippen LogP contribution is 1.85. The molecule has 3 heteroatoms. The van der Waals surface area contributed by atoms with E-state index < -0.39 is 11.8 Å². The topological polar surface area (TPSA) is 43.4 Å². The highest BCUT2D eigenvalue weighted by Gasteiger charge is 2.09. The number of ether oxygens (including phenoxy) is 1. The molecule has 0 aliphatic rings. The maximum absolute atomic E-state index is 10.4. The van der Waals surface area contributed by atoms with Gasteiger partial charge in [0.2, 0.25) is 5.78 Å². The van der Waals surface area contributed by atoms with Crippen molar-refractivity contribution in [2.24, 2.45) is 0 Å². The molecular weight excluding hydrogens is 120 g/mol. The summed E-state index contributed by atoms with van der Waals surface area (Å²) in [6.07, 6.45) is 1.11. The summed E-state index contributed by atoms with van der Waals surface area (Å²) in [6, 6.07) is 0. The van der Waals surface area contributed by atoms with Gasteiger partial charge in [-0.15, -0.1) is 0 Å². The SMILES string of the molecule is C=COC(=O)C(=O)CC. The van der Waals surface area contributed by atoms with E-state index in [2.05, 4.69) is 11.3 Å². The predicted molar refractivity (Wildman–Crippen MR) is 31.6 cm³/mol. The molecule has 0 amide bonds. The van der Waals surface area contributed by atoms with Gasteiger partial charge in [0.1, 0.15) is 0 Å². The van der Waals surface area contributed by atoms with Crippen LogP contribution in [0, 0.1) is 0 Å². The standard InChI is InChI=1S/C6H8O3/c1-3-5(7)6(8)9-4-2/h4H,2-3H2,1H3. The molecule has 0 unspecified atom stereocenters. The van der Waals surface area contributed by atoms with Crippen LogP contribution >= 0.6 is 0 Å². The third-order valence-corrected chi connectivity index (χ3v) is 0.739. The monoisotopic (exact) mass is 128 g/mol. The molecule has 0 atom stereocenters. The molecule has 50 valence electrons. The van der Waals surface area contributed by atoms with Gasteiger partial charge in [-0.1, -0.05) is 13.5 Å². The van der Waals surface area contributed by atoms with Crippen molar-refractivity contribution in [2.75, 3.05) is 0 Å². The van der Waals surface area contributed by atoms with Crippen LogP contribution in [0.1, 0.15) is 13.3 Å². The first-order valence-corrected chi connectivity index (χ1v) is 2.57. The quantitative estimate of drug-likeness (QED) is 0.318. The van der Waals surface area contributed by atoms with E-state index in [4.69, 9.17) is 0 Å². The van der Waals surface area contributed by atoms with E-state index >= 15 is 0 Å². The van der Waals surface area contributed by atoms with Crippen LogP contribution in [0.25, 0.3) is 0 Å². The minimum atomic E-state index is -0.840. The minimum absolute atomic E-state index is 0.173. The Bertz CT molecular complexity index is 137. The smallest absolute Gasteiger partial charge is 0.379 e. The molecule has 9 heavy (non-hydrogen) atoms. The Hall–Kier alpha value is -1.12. The predicted octanol–water partition coefficient (Wildman–Crippen LogP) is 0.652. The number of ketones is 1. The normalized spacial score (nSPS) is 8.11. The Labute approximate surface area is 53.3 Å². The molecule has 0 aliphatic heterocycles. The van der Waals surface area contributed by atoms with Crippen LogP contribution in [0.15, 0.2) is 12.8 Å². The van der Waals surface area contributed by atoms with E-state index in [0.29, 0.717) is 0 Å². The molecule has 0 saturated heterocycles. The molecule has 0 fully saturated rings. The van der Waals surface area contributed by atoms with Crippen LogP contribution in [0.2, 0.25) is 0 Å². The summed E-state index contributed by atoms with van der Waals surface area (Å²) in [7, 11) is 0. The first-order valence-electron chi connectivity index (χ1n) is 2.57. The molecule has 3 nitrogen and oxygen atoms in total. The lowest BCUT2D eigenvalue weighted by atomic mass is 10.3. The first-order chi connectivity index (χ1) is 4.22. The van der Waals surface area contributed by atoms with E-state index in [1.54, 1.807) is 6.92 Å². The van der Waals surface area contributed by atoms with E-state index in [-0.39, 0.29) is 6.42 Å². The largest absolute Gasteiger partial charge is 0.429 e. The van der Waals surface area contributed by atoms with Crippen LogP contribution in [0.3, 0.4) is 0 Å². The molecule has 0 N–H and O–H groups in total. The van der Waals surface area contributed by atoms with Gasteiger partial charge in [-0.3, -0.25) is 4.79 Å². The zero-order valence-electron chi connectivity index (χ0n) is 5.22. The van der Waals surface area contributed by atoms with Gasteiger partial charge in [0.25, 0.3) is 0 Å². The first kappa shape index (κ1) is 7.88. The molecular formula is C6H8O3. The van der Waals surface area contributed by atoms with Gasteiger partial charge in [0, 0.05) is 6.42 Å². The van der Waals surface area contributed by atoms with Gasteiger partial charge < -0.3 is 4.74 Å². The molecule has 0 spiro atoms. The molecule has 0 aromatic heterocycles. The van der Waals surface area contributed by atoms with Crippen molar-refractivity contribution in [1.29, 1.82) is 0 Å². The number of esters is 1. The van der Waals surface area contributed by atoms with Gasteiger partial charge in [-0.2, -0.15) is 0 Å². The van der Waals surface area contributed by atoms with Crippen molar-refractivity contribution < 1.29 is 14.3 Å². The maximum Gasteiger partial charge on any atom is 0.379 e. The third-order valence-electron chi connectivity index (χ3n) is 0.739. The Kier molecular flexibility index (Phi) is 3.35. The fourth-order valence-electron chi connectivity index (χ4n) is 0.286. The van der Waals surface area contributed by atoms with Gasteiger partial charge in [0.15, 0.2) is 0 Å². The lowest BCUT2D eigenvalue weighted by Crippen LogP contribution is -2.12. The lowest BCUT2D eigenvalue weighted by molar-refractivity contribution is -0.149. The van der Waals surface area contributed by atoms with Crippen molar-refractivity contribution in [1.82, 2.24) is 0 Å². The summed E-state index contributed by atoms with van der Waals surface area (Å²) < 4.78 is 4.17. The second-order valence-electron chi connectivity index (χ2n) is 1.35. The van der Waals surface area contributed by atoms with Crippen LogP contribution in [-0.2, 0) is 14.3 Å². The molecule has 0 saturated carbocycles. The highest BCUT2D eigenvalue weighted by molar-refractivity contribution is 6.33. The molecule has 0 rings (SSSR count). The number of carbonyl (C=O) groups excluding carboxylic acids is 2. The maximum atomic E-state index is 10.4. The Morgan fingerprint density at radius 1 is 1.67 bits per heavy atom. The molecule has 0 aromatic rings. The number of Topliss-reactive ketones (excluding diaryl/α,β-unsaturated/α-hetero) is 1. The molecule has 0 heterocycles. The zero-order chi connectivity index (χ0) is 7.28. The summed E-state index contributed by atoms with van der Waals surface area (Å²) in [4.78, 5) is 20.7. The van der Waals surface area contributed by atoms with Crippen LogP contribution in [0.5, 0.6) is 0 Å². The minimum Gasteiger partial charge on any atom is -0.429 e. The number of carbonyl (C=O) groups is 2. The Balaban J connectivity index is 3.73. The third kappa shape index (κ3) is 2.64. The Morgan fingerprint density at radius 3 is 2.56 bits per heavy atom. The number of hydrogen-bond donors (Lipinski definition) is 0. The molecule has 0 aromatic carbocycles. The van der Waals surface area contributed by atoms with Gasteiger partial charge in [-0.05, 0) is 0 Å². The summed E-state index contributed by atoms with van der Waals surface area (Å²) in [5, 5.41) is 0. The van der Waals surface area contributed by atoms with Crippen molar-refractivity contribution in [3.05, 3.63) is 12.8 Å². The number of hydrogen-bond acceptors (Lipinski definition) is 3. The second-order valence-corrected chi connectivity index (χ2v) is 1.35. The second kappa shape index (κ2) is 3.83. The van der Waals surface area contributed by atoms with Gasteiger partial charge in [0.05, 0.1) is 6.26 Å². The summed E-state index contributed by atoms with van der Waals surface area (Å²) >= 11 is 0. The highest BCUT2D eigenvalue weighted by atomic mass is 16.5. The molecule has 0 bridgehead atoms. The summed E-state index contributed by atoms with van der Waals surface area (Å²) in [5.41, 5.74) is 0. The fraction of sp³-hybridized carbons (Fsp3) is 0.333. The Morgan fingerprint density at radius 2 is 2.22 bits per heavy atom. The average Bonchev–Trinajstić information content (AvgIpc) is 1.87. The van der Waals surface area contributed by atoms with Crippen molar-refractivity contribution in [3.8, 4) is 0 Å². The van der Waals surface area contributed by atoms with Gasteiger partial charge in [-0.25, -0.2) is 4.79 Å². The van der Waals surface area contributed by atoms with Crippen LogP contribution < -0.4 is 0 Å². The fourth-order valence-corrected chi connectivity index (χ4v) is 0.286. The van der Waals surface area contributed by atoms with Crippen LogP contribution in [-0.4, -0.2) is 11.8 Å². The molecule has 0 aliphatic carbocycles. The van der Waals surface area contributed by atoms with Crippen molar-refractivity contribution in [2.45, 2.75) is 13.3 Å². The van der Waals surface area contributed by atoms with E-state index in [1.165, 1.54) is 0 Å². The average molecular weight is 128 g/mol. The van der Waals surface area contributed by atoms with Crippen LogP contribution in [0.4, 0.5) is 0 Å².